The van der Waals surface area contributed by atoms with Crippen molar-refractivity contribution < 1.29 is 5.11 Å². The van der Waals surface area contributed by atoms with Crippen LogP contribution in [-0.2, 0) is 0 Å². The maximum Gasteiger partial charge on any atom is 0.250 e. The molecule has 0 atom stereocenters. The summed E-state index contributed by atoms with van der Waals surface area (Å²) in [6.07, 6.45) is 0. The molecule has 100 valence electrons. The van der Waals surface area contributed by atoms with Crippen LogP contribution >= 0.6 is 11.6 Å². The molecule has 6 heteroatoms. The van der Waals surface area contributed by atoms with Crippen molar-refractivity contribution in [3.63, 3.8) is 0 Å². The van der Waals surface area contributed by atoms with E-state index in [0.717, 1.165) is 11.2 Å². The maximum atomic E-state index is 9.30. The van der Waals surface area contributed by atoms with Crippen LogP contribution in [0.2, 0.25) is 5.02 Å². The van der Waals surface area contributed by atoms with Gasteiger partial charge in [0.1, 0.15) is 11.3 Å². The van der Waals surface area contributed by atoms with Crippen molar-refractivity contribution in [2.45, 2.75) is 0 Å². The van der Waals surface area contributed by atoms with Crippen LogP contribution in [0.5, 0.6) is 5.75 Å². The second kappa shape index (κ2) is 4.94. The fraction of sp³-hybridized carbons (Fsp3) is 0.0714. The van der Waals surface area contributed by atoms with Crippen LogP contribution in [0.1, 0.15) is 0 Å². The molecule has 0 aliphatic rings. The first-order valence-electron chi connectivity index (χ1n) is 5.96. The Balaban J connectivity index is 2.01. The van der Waals surface area contributed by atoms with Crippen molar-refractivity contribution in [3.8, 4) is 5.75 Å². The first-order chi connectivity index (χ1) is 9.63. The van der Waals surface area contributed by atoms with E-state index in [0.29, 0.717) is 16.5 Å². The fourth-order valence-corrected chi connectivity index (χ4v) is 2.00. The van der Waals surface area contributed by atoms with Gasteiger partial charge in [-0.25, -0.2) is 4.98 Å². The van der Waals surface area contributed by atoms with Crippen molar-refractivity contribution in [2.24, 2.45) is 0 Å². The van der Waals surface area contributed by atoms with E-state index in [2.05, 4.69) is 15.2 Å². The summed E-state index contributed by atoms with van der Waals surface area (Å²) >= 11 is 5.90. The van der Waals surface area contributed by atoms with Crippen LogP contribution in [0.3, 0.4) is 0 Å². The summed E-state index contributed by atoms with van der Waals surface area (Å²) in [6.45, 7) is 0. The minimum absolute atomic E-state index is 0.217. The van der Waals surface area contributed by atoms with E-state index in [4.69, 9.17) is 11.6 Å². The Kier molecular flexibility index (Phi) is 3.12. The first kappa shape index (κ1) is 12.6. The molecule has 1 aromatic heterocycles. The van der Waals surface area contributed by atoms with Gasteiger partial charge in [0.15, 0.2) is 0 Å². The van der Waals surface area contributed by atoms with Crippen molar-refractivity contribution in [1.29, 1.82) is 0 Å². The number of hydrogen-bond donors (Lipinski definition) is 1. The highest BCUT2D eigenvalue weighted by Crippen LogP contribution is 2.23. The largest absolute Gasteiger partial charge is 0.508 e. The number of phenols is 1. The lowest BCUT2D eigenvalue weighted by atomic mass is 10.3. The van der Waals surface area contributed by atoms with E-state index >= 15 is 0 Å². The van der Waals surface area contributed by atoms with E-state index in [1.807, 2.05) is 7.05 Å². The normalized spacial score (nSPS) is 10.7. The summed E-state index contributed by atoms with van der Waals surface area (Å²) in [5, 5.41) is 18.1. The number of benzene rings is 2. The average Bonchev–Trinajstić information content (AvgIpc) is 2.47. The summed E-state index contributed by atoms with van der Waals surface area (Å²) in [7, 11) is 1.84. The molecule has 0 unspecified atom stereocenters. The molecule has 1 heterocycles. The van der Waals surface area contributed by atoms with E-state index in [-0.39, 0.29) is 5.75 Å². The maximum absolute atomic E-state index is 9.30. The van der Waals surface area contributed by atoms with Crippen LogP contribution in [0.15, 0.2) is 42.5 Å². The van der Waals surface area contributed by atoms with E-state index in [1.165, 1.54) is 0 Å². The SMILES string of the molecule is CN(c1ccc(O)cc1)c1nnc2cc(Cl)ccc2n1. The monoisotopic (exact) mass is 286 g/mol. The number of aromatic hydroxyl groups is 1. The van der Waals surface area contributed by atoms with Crippen LogP contribution in [0.25, 0.3) is 11.0 Å². The third-order valence-electron chi connectivity index (χ3n) is 2.94. The summed E-state index contributed by atoms with van der Waals surface area (Å²) < 4.78 is 0. The van der Waals surface area contributed by atoms with Crippen molar-refractivity contribution in [2.75, 3.05) is 11.9 Å². The van der Waals surface area contributed by atoms with Gasteiger partial charge in [-0.2, -0.15) is 0 Å². The Morgan fingerprint density at radius 1 is 1.00 bits per heavy atom. The molecule has 0 saturated heterocycles. The van der Waals surface area contributed by atoms with Gasteiger partial charge >= 0.3 is 0 Å². The van der Waals surface area contributed by atoms with Crippen molar-refractivity contribution in [3.05, 3.63) is 47.5 Å². The third kappa shape index (κ3) is 2.35. The number of halogens is 1. The number of aromatic nitrogens is 3. The quantitative estimate of drug-likeness (QED) is 0.784. The summed E-state index contributed by atoms with van der Waals surface area (Å²) in [5.74, 6) is 0.694. The number of fused-ring (bicyclic) bond motifs is 1. The smallest absolute Gasteiger partial charge is 0.250 e. The lowest BCUT2D eigenvalue weighted by molar-refractivity contribution is 0.475. The topological polar surface area (TPSA) is 62.1 Å². The first-order valence-corrected chi connectivity index (χ1v) is 6.34. The Labute approximate surface area is 120 Å². The summed E-state index contributed by atoms with van der Waals surface area (Å²) in [5.41, 5.74) is 2.24. The zero-order valence-electron chi connectivity index (χ0n) is 10.7. The van der Waals surface area contributed by atoms with E-state index in [9.17, 15) is 5.11 Å². The summed E-state index contributed by atoms with van der Waals surface area (Å²) in [4.78, 5) is 6.24. The molecular weight excluding hydrogens is 276 g/mol. The third-order valence-corrected chi connectivity index (χ3v) is 3.18. The highest BCUT2D eigenvalue weighted by Gasteiger charge is 2.09. The van der Waals surface area contributed by atoms with Gasteiger partial charge in [-0.1, -0.05) is 11.6 Å². The Bertz CT molecular complexity index is 761. The molecule has 2 aromatic carbocycles. The molecule has 0 saturated carbocycles. The predicted octanol–water partition coefficient (Wildman–Crippen LogP) is 3.15. The van der Waals surface area contributed by atoms with Crippen LogP contribution in [0.4, 0.5) is 11.6 Å². The predicted molar refractivity (Wildman–Crippen MR) is 78.5 cm³/mol. The van der Waals surface area contributed by atoms with Gasteiger partial charge in [-0.15, -0.1) is 10.2 Å². The number of nitrogens with zero attached hydrogens (tertiary/aromatic N) is 4. The Morgan fingerprint density at radius 3 is 2.50 bits per heavy atom. The standard InChI is InChI=1S/C14H11ClN4O/c1-19(10-3-5-11(20)6-4-10)14-16-12-7-2-9(15)8-13(12)17-18-14/h2-8,20H,1H3. The molecule has 20 heavy (non-hydrogen) atoms. The zero-order valence-corrected chi connectivity index (χ0v) is 11.4. The zero-order chi connectivity index (χ0) is 14.1. The molecule has 0 fully saturated rings. The Morgan fingerprint density at radius 2 is 1.75 bits per heavy atom. The van der Waals surface area contributed by atoms with Crippen molar-refractivity contribution in [1.82, 2.24) is 15.2 Å². The second-order valence-electron chi connectivity index (χ2n) is 4.32. The summed E-state index contributed by atoms with van der Waals surface area (Å²) in [6, 6.07) is 12.1. The highest BCUT2D eigenvalue weighted by molar-refractivity contribution is 6.31. The number of phenolic OH excluding ortho intramolecular Hbond substituents is 1. The van der Waals surface area contributed by atoms with Crippen LogP contribution in [0, 0.1) is 0 Å². The number of anilines is 2. The molecule has 0 aliphatic heterocycles. The highest BCUT2D eigenvalue weighted by atomic mass is 35.5. The lowest BCUT2D eigenvalue weighted by Gasteiger charge is -2.16. The molecule has 0 spiro atoms. The van der Waals surface area contributed by atoms with Gasteiger partial charge < -0.3 is 10.0 Å². The van der Waals surface area contributed by atoms with Crippen LogP contribution < -0.4 is 4.90 Å². The van der Waals surface area contributed by atoms with Gasteiger partial charge in [-0.05, 0) is 42.5 Å². The molecule has 3 rings (SSSR count). The number of rotatable bonds is 2. The van der Waals surface area contributed by atoms with Gasteiger partial charge in [-0.3, -0.25) is 0 Å². The average molecular weight is 287 g/mol. The molecule has 1 N–H and O–H groups in total. The molecular formula is C14H11ClN4O. The van der Waals surface area contributed by atoms with E-state index < -0.39 is 0 Å². The number of hydrogen-bond acceptors (Lipinski definition) is 5. The molecule has 0 radical (unpaired) electrons. The minimum atomic E-state index is 0.217. The minimum Gasteiger partial charge on any atom is -0.508 e. The second-order valence-corrected chi connectivity index (χ2v) is 4.76. The van der Waals surface area contributed by atoms with Gasteiger partial charge in [0.25, 0.3) is 0 Å². The van der Waals surface area contributed by atoms with Crippen molar-refractivity contribution >= 4 is 34.3 Å². The lowest BCUT2D eigenvalue weighted by Crippen LogP contribution is -2.13. The fourth-order valence-electron chi connectivity index (χ4n) is 1.83. The van der Waals surface area contributed by atoms with Gasteiger partial charge in [0.2, 0.25) is 5.95 Å². The Hall–Kier alpha value is -2.40. The molecule has 0 aliphatic carbocycles. The van der Waals surface area contributed by atoms with Crippen LogP contribution in [-0.4, -0.2) is 27.3 Å². The molecule has 0 amide bonds. The van der Waals surface area contributed by atoms with Gasteiger partial charge in [0, 0.05) is 17.8 Å². The molecule has 3 aromatic rings. The molecule has 0 bridgehead atoms. The van der Waals surface area contributed by atoms with E-state index in [1.54, 1.807) is 47.4 Å². The molecule has 5 nitrogen and oxygen atoms in total. The van der Waals surface area contributed by atoms with Gasteiger partial charge in [0.05, 0.1) is 5.52 Å².